The van der Waals surface area contributed by atoms with Gasteiger partial charge in [0, 0.05) is 29.6 Å². The molecule has 30 heavy (non-hydrogen) atoms. The number of carboxylic acids is 2. The Labute approximate surface area is 182 Å². The second-order valence-electron chi connectivity index (χ2n) is 5.82. The van der Waals surface area contributed by atoms with Crippen LogP contribution in [-0.2, 0) is 9.59 Å². The van der Waals surface area contributed by atoms with E-state index in [1.165, 1.54) is 18.0 Å². The van der Waals surface area contributed by atoms with E-state index in [-0.39, 0.29) is 17.9 Å². The average molecular weight is 450 g/mol. The SMILES string of the molecule is N#Cc1cc(Cl)cnc1S[C@H](C[C@H](N)CO)c1ccccc1.O=C(O)C=CC(=O)O. The number of pyridine rings is 1. The number of aromatic nitrogens is 1. The van der Waals surface area contributed by atoms with Crippen LogP contribution >= 0.6 is 23.4 Å². The summed E-state index contributed by atoms with van der Waals surface area (Å²) in [5.41, 5.74) is 7.41. The van der Waals surface area contributed by atoms with Gasteiger partial charge in [0.2, 0.25) is 0 Å². The molecule has 0 radical (unpaired) electrons. The molecule has 0 saturated carbocycles. The van der Waals surface area contributed by atoms with Crippen molar-refractivity contribution in [2.45, 2.75) is 22.7 Å². The van der Waals surface area contributed by atoms with Crippen molar-refractivity contribution in [2.24, 2.45) is 5.73 Å². The molecule has 0 saturated heterocycles. The Balaban J connectivity index is 0.000000479. The maximum absolute atomic E-state index is 9.55. The minimum Gasteiger partial charge on any atom is -0.478 e. The summed E-state index contributed by atoms with van der Waals surface area (Å²) in [6.45, 7) is -0.0803. The van der Waals surface area contributed by atoms with E-state index in [2.05, 4.69) is 11.1 Å². The third kappa shape index (κ3) is 9.54. The molecule has 0 aliphatic rings. The lowest BCUT2D eigenvalue weighted by Crippen LogP contribution is -2.26. The summed E-state index contributed by atoms with van der Waals surface area (Å²) in [5, 5.41) is 35.1. The molecule has 0 fully saturated rings. The zero-order chi connectivity index (χ0) is 22.5. The first kappa shape index (κ1) is 25.1. The van der Waals surface area contributed by atoms with Crippen LogP contribution in [0.4, 0.5) is 0 Å². The lowest BCUT2D eigenvalue weighted by Gasteiger charge is -2.20. The van der Waals surface area contributed by atoms with Crippen LogP contribution in [0.3, 0.4) is 0 Å². The van der Waals surface area contributed by atoms with Crippen molar-refractivity contribution < 1.29 is 24.9 Å². The minimum atomic E-state index is -1.26. The van der Waals surface area contributed by atoms with Crippen molar-refractivity contribution in [3.63, 3.8) is 0 Å². The first-order valence-corrected chi connectivity index (χ1v) is 9.80. The molecule has 2 rings (SSSR count). The second kappa shape index (κ2) is 13.3. The third-order valence-electron chi connectivity index (χ3n) is 3.48. The molecule has 2 atom stereocenters. The number of aliphatic hydroxyl groups excluding tert-OH is 1. The molecule has 0 bridgehead atoms. The molecule has 0 spiro atoms. The summed E-state index contributed by atoms with van der Waals surface area (Å²) >= 11 is 7.34. The average Bonchev–Trinajstić information content (AvgIpc) is 2.73. The number of benzene rings is 1. The molecule has 0 aliphatic carbocycles. The van der Waals surface area contributed by atoms with E-state index >= 15 is 0 Å². The predicted octanol–water partition coefficient (Wildman–Crippen LogP) is 2.86. The van der Waals surface area contributed by atoms with Gasteiger partial charge in [-0.15, -0.1) is 0 Å². The Morgan fingerprint density at radius 2 is 1.83 bits per heavy atom. The van der Waals surface area contributed by atoms with Crippen LogP contribution in [0.1, 0.15) is 22.8 Å². The molecule has 5 N–H and O–H groups in total. The van der Waals surface area contributed by atoms with Crippen LogP contribution in [0.25, 0.3) is 0 Å². The molecular formula is C20H20ClN3O5S. The molecule has 0 aliphatic heterocycles. The van der Waals surface area contributed by atoms with Crippen LogP contribution in [-0.4, -0.2) is 44.9 Å². The Morgan fingerprint density at radius 1 is 1.23 bits per heavy atom. The summed E-state index contributed by atoms with van der Waals surface area (Å²) in [6.07, 6.45) is 3.23. The zero-order valence-electron chi connectivity index (χ0n) is 15.7. The van der Waals surface area contributed by atoms with E-state index in [0.717, 1.165) is 5.56 Å². The molecule has 0 amide bonds. The number of hydrogen-bond donors (Lipinski definition) is 4. The number of carbonyl (C=O) groups is 2. The van der Waals surface area contributed by atoms with E-state index < -0.39 is 11.9 Å². The number of halogens is 1. The molecule has 1 heterocycles. The maximum atomic E-state index is 9.55. The maximum Gasteiger partial charge on any atom is 0.328 e. The Bertz CT molecular complexity index is 902. The van der Waals surface area contributed by atoms with Gasteiger partial charge < -0.3 is 21.1 Å². The summed E-state index contributed by atoms with van der Waals surface area (Å²) in [4.78, 5) is 23.4. The standard InChI is InChI=1S/C16H16ClN3OS.C4H4O4/c17-13-6-12(8-18)16(20-9-13)22-15(7-14(19)10-21)11-4-2-1-3-5-11;5-3(6)1-2-4(7)8/h1-6,9,14-15,21H,7,10,19H2;1-2H,(H,5,6)(H,7,8)/t14-,15+;/m0./s1. The van der Waals surface area contributed by atoms with Crippen LogP contribution in [0.5, 0.6) is 0 Å². The Kier molecular flexibility index (Phi) is 11.2. The van der Waals surface area contributed by atoms with Crippen LogP contribution < -0.4 is 5.73 Å². The Hall–Kier alpha value is -2.90. The van der Waals surface area contributed by atoms with Crippen molar-refractivity contribution in [3.05, 3.63) is 70.9 Å². The number of nitrogens with zero attached hydrogens (tertiary/aromatic N) is 2. The monoisotopic (exact) mass is 449 g/mol. The fourth-order valence-corrected chi connectivity index (χ4v) is 3.56. The molecule has 8 nitrogen and oxygen atoms in total. The van der Waals surface area contributed by atoms with Gasteiger partial charge in [0.15, 0.2) is 0 Å². The lowest BCUT2D eigenvalue weighted by molar-refractivity contribution is -0.134. The number of rotatable bonds is 8. The molecule has 158 valence electrons. The molecule has 0 unspecified atom stereocenters. The van der Waals surface area contributed by atoms with Crippen molar-refractivity contribution in [3.8, 4) is 6.07 Å². The summed E-state index contributed by atoms with van der Waals surface area (Å²) in [5.74, 6) is -2.51. The fourth-order valence-electron chi connectivity index (χ4n) is 2.15. The highest BCUT2D eigenvalue weighted by atomic mass is 35.5. The van der Waals surface area contributed by atoms with Crippen molar-refractivity contribution in [1.29, 1.82) is 5.26 Å². The van der Waals surface area contributed by atoms with E-state index in [4.69, 9.17) is 27.5 Å². The van der Waals surface area contributed by atoms with Crippen LogP contribution in [0, 0.1) is 11.3 Å². The minimum absolute atomic E-state index is 0.00382. The normalized spacial score (nSPS) is 12.3. The Morgan fingerprint density at radius 3 is 2.33 bits per heavy atom. The number of carboxylic acid groups (broad SMARTS) is 2. The van der Waals surface area contributed by atoms with Gasteiger partial charge in [-0.05, 0) is 18.1 Å². The number of nitrogens with two attached hydrogens (primary N) is 1. The molecule has 2 aromatic rings. The molecule has 1 aromatic carbocycles. The lowest BCUT2D eigenvalue weighted by atomic mass is 10.1. The van der Waals surface area contributed by atoms with Gasteiger partial charge in [-0.2, -0.15) is 5.26 Å². The summed E-state index contributed by atoms with van der Waals surface area (Å²) < 4.78 is 0. The van der Waals surface area contributed by atoms with Crippen molar-refractivity contribution in [1.82, 2.24) is 4.98 Å². The van der Waals surface area contributed by atoms with Gasteiger partial charge >= 0.3 is 11.9 Å². The van der Waals surface area contributed by atoms with E-state index in [1.54, 1.807) is 6.07 Å². The van der Waals surface area contributed by atoms with Crippen LogP contribution in [0.15, 0.2) is 59.8 Å². The topological polar surface area (TPSA) is 158 Å². The number of nitriles is 1. The third-order valence-corrected chi connectivity index (χ3v) is 4.99. The largest absolute Gasteiger partial charge is 0.478 e. The van der Waals surface area contributed by atoms with Gasteiger partial charge in [-0.1, -0.05) is 53.7 Å². The number of aliphatic hydroxyl groups is 1. The zero-order valence-corrected chi connectivity index (χ0v) is 17.3. The van der Waals surface area contributed by atoms with Crippen LogP contribution in [0.2, 0.25) is 5.02 Å². The van der Waals surface area contributed by atoms with Gasteiger partial charge in [0.1, 0.15) is 11.1 Å². The number of thioether (sulfide) groups is 1. The highest BCUT2D eigenvalue weighted by molar-refractivity contribution is 7.99. The van der Waals surface area contributed by atoms with E-state index in [1.807, 2.05) is 30.3 Å². The second-order valence-corrected chi connectivity index (χ2v) is 7.45. The molecule has 10 heteroatoms. The first-order valence-electron chi connectivity index (χ1n) is 8.54. The molecule has 1 aromatic heterocycles. The summed E-state index contributed by atoms with van der Waals surface area (Å²) in [7, 11) is 0. The van der Waals surface area contributed by atoms with Gasteiger partial charge in [0.05, 0.1) is 17.2 Å². The highest BCUT2D eigenvalue weighted by Gasteiger charge is 2.19. The number of hydrogen-bond acceptors (Lipinski definition) is 7. The van der Waals surface area contributed by atoms with E-state index in [0.29, 0.717) is 34.2 Å². The van der Waals surface area contributed by atoms with E-state index in [9.17, 15) is 20.0 Å². The smallest absolute Gasteiger partial charge is 0.328 e. The van der Waals surface area contributed by atoms with Gasteiger partial charge in [-0.25, -0.2) is 14.6 Å². The predicted molar refractivity (Wildman–Crippen MR) is 113 cm³/mol. The first-order chi connectivity index (χ1) is 14.3. The molecular weight excluding hydrogens is 430 g/mol. The quantitative estimate of drug-likeness (QED) is 0.351. The fraction of sp³-hybridized carbons (Fsp3) is 0.200. The number of aliphatic carboxylic acids is 2. The highest BCUT2D eigenvalue weighted by Crippen LogP contribution is 2.39. The summed E-state index contributed by atoms with van der Waals surface area (Å²) in [6, 6.07) is 13.2. The van der Waals surface area contributed by atoms with Crippen molar-refractivity contribution in [2.75, 3.05) is 6.61 Å². The van der Waals surface area contributed by atoms with Crippen molar-refractivity contribution >= 4 is 35.3 Å². The van der Waals surface area contributed by atoms with Gasteiger partial charge in [0.25, 0.3) is 0 Å². The van der Waals surface area contributed by atoms with Gasteiger partial charge in [-0.3, -0.25) is 0 Å².